The topological polar surface area (TPSA) is 80.1 Å². The maximum atomic E-state index is 12.0. The van der Waals surface area contributed by atoms with Gasteiger partial charge in [-0.25, -0.2) is 14.7 Å². The van der Waals surface area contributed by atoms with Crippen LogP contribution >= 0.6 is 27.7 Å². The number of nitrogens with zero attached hydrogens (tertiary/aromatic N) is 4. The molecule has 1 saturated heterocycles. The lowest BCUT2D eigenvalue weighted by molar-refractivity contribution is -0.139. The van der Waals surface area contributed by atoms with Gasteiger partial charge in [-0.15, -0.1) is 11.8 Å². The largest absolute Gasteiger partial charge is 0.272 e. The van der Waals surface area contributed by atoms with Gasteiger partial charge in [0.15, 0.2) is 0 Å². The lowest BCUT2D eigenvalue weighted by Gasteiger charge is -2.24. The van der Waals surface area contributed by atoms with Crippen LogP contribution in [0.1, 0.15) is 10.9 Å². The second kappa shape index (κ2) is 6.49. The summed E-state index contributed by atoms with van der Waals surface area (Å²) in [6, 6.07) is 7.68. The van der Waals surface area contributed by atoms with Gasteiger partial charge in [-0.3, -0.25) is 15.0 Å². The number of aromatic nitrogens is 3. The molecule has 114 valence electrons. The van der Waals surface area contributed by atoms with Crippen molar-refractivity contribution in [3.8, 4) is 0 Å². The Labute approximate surface area is 139 Å². The number of nitrogens with one attached hydrogen (secondary N) is 1. The number of hydrogen-bond donors (Lipinski definition) is 1. The van der Waals surface area contributed by atoms with Gasteiger partial charge in [0.25, 0.3) is 11.8 Å². The van der Waals surface area contributed by atoms with E-state index in [1.807, 2.05) is 24.3 Å². The molecule has 1 aliphatic rings. The SMILES string of the molecule is O=C(Cn1cncn1)NN1C(=O)CSC1c1cccc(Br)c1. The van der Waals surface area contributed by atoms with Crippen LogP contribution in [-0.2, 0) is 16.1 Å². The van der Waals surface area contributed by atoms with E-state index >= 15 is 0 Å². The highest BCUT2D eigenvalue weighted by Gasteiger charge is 2.34. The number of rotatable bonds is 4. The molecule has 2 heterocycles. The lowest BCUT2D eigenvalue weighted by Crippen LogP contribution is -2.45. The van der Waals surface area contributed by atoms with Gasteiger partial charge in [0, 0.05) is 4.47 Å². The molecular formula is C13H12BrN5O2S. The molecule has 1 aromatic heterocycles. The van der Waals surface area contributed by atoms with Crippen LogP contribution in [0.25, 0.3) is 0 Å². The van der Waals surface area contributed by atoms with Crippen LogP contribution in [-0.4, -0.2) is 37.3 Å². The molecular weight excluding hydrogens is 370 g/mol. The number of benzene rings is 1. The summed E-state index contributed by atoms with van der Waals surface area (Å²) in [6.45, 7) is 0.0135. The molecule has 1 aromatic carbocycles. The molecule has 2 amide bonds. The number of amides is 2. The van der Waals surface area contributed by atoms with Gasteiger partial charge >= 0.3 is 0 Å². The predicted molar refractivity (Wildman–Crippen MR) is 84.4 cm³/mol. The summed E-state index contributed by atoms with van der Waals surface area (Å²) in [4.78, 5) is 27.8. The molecule has 1 atom stereocenters. The Morgan fingerprint density at radius 2 is 2.36 bits per heavy atom. The Balaban J connectivity index is 1.72. The second-order valence-electron chi connectivity index (χ2n) is 4.61. The van der Waals surface area contributed by atoms with Crippen LogP contribution in [0.15, 0.2) is 41.4 Å². The van der Waals surface area contributed by atoms with Gasteiger partial charge in [0.05, 0.1) is 5.75 Å². The predicted octanol–water partition coefficient (Wildman–Crippen LogP) is 1.35. The Morgan fingerprint density at radius 1 is 1.50 bits per heavy atom. The van der Waals surface area contributed by atoms with Crippen molar-refractivity contribution in [2.45, 2.75) is 11.9 Å². The van der Waals surface area contributed by atoms with E-state index in [0.717, 1.165) is 10.0 Å². The number of carbonyl (C=O) groups excluding carboxylic acids is 2. The van der Waals surface area contributed by atoms with Crippen molar-refractivity contribution >= 4 is 39.5 Å². The summed E-state index contributed by atoms with van der Waals surface area (Å²) in [5.41, 5.74) is 3.61. The van der Waals surface area contributed by atoms with Crippen LogP contribution in [0.3, 0.4) is 0 Å². The maximum absolute atomic E-state index is 12.0. The molecule has 0 aliphatic carbocycles. The van der Waals surface area contributed by atoms with Crippen LogP contribution < -0.4 is 5.43 Å². The van der Waals surface area contributed by atoms with Crippen LogP contribution in [0.4, 0.5) is 0 Å². The van der Waals surface area contributed by atoms with Crippen molar-refractivity contribution < 1.29 is 9.59 Å². The normalized spacial score (nSPS) is 17.8. The molecule has 3 rings (SSSR count). The Bertz CT molecular complexity index is 693. The van der Waals surface area contributed by atoms with E-state index in [-0.39, 0.29) is 23.7 Å². The quantitative estimate of drug-likeness (QED) is 0.864. The maximum Gasteiger partial charge on any atom is 0.260 e. The summed E-state index contributed by atoms with van der Waals surface area (Å²) >= 11 is 4.89. The van der Waals surface area contributed by atoms with Crippen molar-refractivity contribution in [1.82, 2.24) is 25.2 Å². The number of carbonyl (C=O) groups is 2. The first-order valence-electron chi connectivity index (χ1n) is 6.44. The van der Waals surface area contributed by atoms with E-state index in [4.69, 9.17) is 0 Å². The molecule has 9 heteroatoms. The highest BCUT2D eigenvalue weighted by atomic mass is 79.9. The number of thioether (sulfide) groups is 1. The first-order chi connectivity index (χ1) is 10.6. The molecule has 0 bridgehead atoms. The van der Waals surface area contributed by atoms with Crippen LogP contribution in [0, 0.1) is 0 Å². The summed E-state index contributed by atoms with van der Waals surface area (Å²) in [7, 11) is 0. The molecule has 0 spiro atoms. The van der Waals surface area contributed by atoms with E-state index < -0.39 is 0 Å². The molecule has 22 heavy (non-hydrogen) atoms. The van der Waals surface area contributed by atoms with E-state index in [1.165, 1.54) is 34.1 Å². The third-order valence-corrected chi connectivity index (χ3v) is 4.72. The highest BCUT2D eigenvalue weighted by Crippen LogP contribution is 2.37. The van der Waals surface area contributed by atoms with Gasteiger partial charge in [0.1, 0.15) is 24.6 Å². The second-order valence-corrected chi connectivity index (χ2v) is 6.59. The van der Waals surface area contributed by atoms with Crippen molar-refractivity contribution in [3.63, 3.8) is 0 Å². The summed E-state index contributed by atoms with van der Waals surface area (Å²) in [6.07, 6.45) is 2.81. The first-order valence-corrected chi connectivity index (χ1v) is 8.28. The Hall–Kier alpha value is -1.87. The highest BCUT2D eigenvalue weighted by molar-refractivity contribution is 9.10. The zero-order valence-electron chi connectivity index (χ0n) is 11.3. The van der Waals surface area contributed by atoms with E-state index in [0.29, 0.717) is 5.75 Å². The minimum Gasteiger partial charge on any atom is -0.272 e. The third-order valence-electron chi connectivity index (χ3n) is 3.02. The van der Waals surface area contributed by atoms with Gasteiger partial charge in [0.2, 0.25) is 0 Å². The van der Waals surface area contributed by atoms with Crippen molar-refractivity contribution in [2.24, 2.45) is 0 Å². The fourth-order valence-corrected chi connectivity index (χ4v) is 3.60. The fraction of sp³-hybridized carbons (Fsp3) is 0.231. The molecule has 2 aromatic rings. The standard InChI is InChI=1S/C13H12BrN5O2S/c14-10-3-1-2-9(4-10)13-19(12(21)6-22-13)17-11(20)5-18-8-15-7-16-18/h1-4,7-8,13H,5-6H2,(H,17,20). The molecule has 0 saturated carbocycles. The first kappa shape index (κ1) is 15.0. The Morgan fingerprint density at radius 3 is 3.09 bits per heavy atom. The van der Waals surface area contributed by atoms with E-state index in [2.05, 4.69) is 31.4 Å². The number of hydrazine groups is 1. The minimum absolute atomic E-state index is 0.0135. The Kier molecular flexibility index (Phi) is 4.44. The molecule has 1 aliphatic heterocycles. The summed E-state index contributed by atoms with van der Waals surface area (Å²) in [5, 5.41) is 5.02. The van der Waals surface area contributed by atoms with Gasteiger partial charge in [-0.05, 0) is 17.7 Å². The molecule has 1 N–H and O–H groups in total. The minimum atomic E-state index is -0.318. The van der Waals surface area contributed by atoms with Crippen molar-refractivity contribution in [1.29, 1.82) is 0 Å². The monoisotopic (exact) mass is 381 g/mol. The zero-order chi connectivity index (χ0) is 15.5. The van der Waals surface area contributed by atoms with E-state index in [1.54, 1.807) is 0 Å². The van der Waals surface area contributed by atoms with Crippen molar-refractivity contribution in [2.75, 3.05) is 5.75 Å². The molecule has 0 radical (unpaired) electrons. The smallest absolute Gasteiger partial charge is 0.260 e. The van der Waals surface area contributed by atoms with Crippen molar-refractivity contribution in [3.05, 3.63) is 47.0 Å². The van der Waals surface area contributed by atoms with Gasteiger partial charge in [-0.1, -0.05) is 28.1 Å². The number of hydrogen-bond acceptors (Lipinski definition) is 5. The van der Waals surface area contributed by atoms with Gasteiger partial charge < -0.3 is 0 Å². The molecule has 1 fully saturated rings. The lowest BCUT2D eigenvalue weighted by atomic mass is 10.2. The number of halogens is 1. The third kappa shape index (κ3) is 3.30. The van der Waals surface area contributed by atoms with E-state index in [9.17, 15) is 9.59 Å². The fourth-order valence-electron chi connectivity index (χ4n) is 2.08. The summed E-state index contributed by atoms with van der Waals surface area (Å²) < 4.78 is 2.33. The zero-order valence-corrected chi connectivity index (χ0v) is 13.7. The van der Waals surface area contributed by atoms with Crippen LogP contribution in [0.2, 0.25) is 0 Å². The average Bonchev–Trinajstić information content (AvgIpc) is 3.10. The molecule has 1 unspecified atom stereocenters. The average molecular weight is 382 g/mol. The van der Waals surface area contributed by atoms with Crippen LogP contribution in [0.5, 0.6) is 0 Å². The summed E-state index contributed by atoms with van der Waals surface area (Å²) in [5.74, 6) is -0.107. The van der Waals surface area contributed by atoms with Gasteiger partial charge in [-0.2, -0.15) is 5.10 Å². The molecule has 7 nitrogen and oxygen atoms in total.